The van der Waals surface area contributed by atoms with Crippen molar-refractivity contribution >= 4 is 22.9 Å². The maximum atomic E-state index is 9.48. The van der Waals surface area contributed by atoms with Gasteiger partial charge in [0, 0.05) is 23.5 Å². The molecule has 1 aromatic heterocycles. The van der Waals surface area contributed by atoms with Crippen LogP contribution in [0.3, 0.4) is 0 Å². The first-order valence-corrected chi connectivity index (χ1v) is 8.58. The lowest BCUT2D eigenvalue weighted by Crippen LogP contribution is -2.41. The largest absolute Gasteiger partial charge is 0.395 e. The molecular formula is C16H19ClN2OS. The Morgan fingerprint density at radius 3 is 3.00 bits per heavy atom. The molecule has 3 rings (SSSR count). The first-order chi connectivity index (χ1) is 10.3. The van der Waals surface area contributed by atoms with Crippen molar-refractivity contribution in [2.45, 2.75) is 31.8 Å². The lowest BCUT2D eigenvalue weighted by molar-refractivity contribution is 0.0832. The highest BCUT2D eigenvalue weighted by Crippen LogP contribution is 2.30. The van der Waals surface area contributed by atoms with Crippen molar-refractivity contribution in [1.82, 2.24) is 9.88 Å². The Morgan fingerprint density at radius 2 is 2.19 bits per heavy atom. The van der Waals surface area contributed by atoms with E-state index < -0.39 is 0 Å². The third kappa shape index (κ3) is 3.46. The van der Waals surface area contributed by atoms with Gasteiger partial charge in [0.25, 0.3) is 0 Å². The van der Waals surface area contributed by atoms with Gasteiger partial charge in [-0.2, -0.15) is 0 Å². The predicted molar refractivity (Wildman–Crippen MR) is 87.7 cm³/mol. The lowest BCUT2D eigenvalue weighted by Gasteiger charge is -2.33. The van der Waals surface area contributed by atoms with E-state index in [0.717, 1.165) is 40.8 Å². The zero-order valence-electron chi connectivity index (χ0n) is 11.8. The summed E-state index contributed by atoms with van der Waals surface area (Å²) in [6, 6.07) is 8.09. The fourth-order valence-electron chi connectivity index (χ4n) is 2.82. The van der Waals surface area contributed by atoms with Gasteiger partial charge in [0.2, 0.25) is 0 Å². The molecule has 1 fully saturated rings. The van der Waals surface area contributed by atoms with Gasteiger partial charge in [-0.25, -0.2) is 4.98 Å². The molecule has 3 nitrogen and oxygen atoms in total. The van der Waals surface area contributed by atoms with Crippen molar-refractivity contribution in [2.75, 3.05) is 13.2 Å². The Bertz CT molecular complexity index is 601. The summed E-state index contributed by atoms with van der Waals surface area (Å²) in [6.45, 7) is 2.10. The summed E-state index contributed by atoms with van der Waals surface area (Å²) in [5, 5.41) is 13.3. The second kappa shape index (κ2) is 6.88. The summed E-state index contributed by atoms with van der Waals surface area (Å²) < 4.78 is 0. The Labute approximate surface area is 134 Å². The van der Waals surface area contributed by atoms with E-state index in [1.54, 1.807) is 11.3 Å². The second-order valence-electron chi connectivity index (χ2n) is 5.43. The molecule has 1 aliphatic heterocycles. The molecule has 0 radical (unpaired) electrons. The van der Waals surface area contributed by atoms with Crippen molar-refractivity contribution < 1.29 is 5.11 Å². The van der Waals surface area contributed by atoms with Gasteiger partial charge in [-0.1, -0.05) is 36.2 Å². The summed E-state index contributed by atoms with van der Waals surface area (Å²) in [4.78, 5) is 7.06. The molecule has 112 valence electrons. The first-order valence-electron chi connectivity index (χ1n) is 7.32. The molecular weight excluding hydrogens is 304 g/mol. The minimum atomic E-state index is 0.238. The number of halogens is 1. The number of benzene rings is 1. The van der Waals surface area contributed by atoms with Crippen LogP contribution in [0.15, 0.2) is 29.6 Å². The van der Waals surface area contributed by atoms with Crippen LogP contribution in [0.5, 0.6) is 0 Å². The van der Waals surface area contributed by atoms with Crippen LogP contribution < -0.4 is 0 Å². The normalized spacial score (nSPS) is 19.8. The zero-order chi connectivity index (χ0) is 14.7. The van der Waals surface area contributed by atoms with E-state index in [1.165, 1.54) is 12.8 Å². The van der Waals surface area contributed by atoms with Gasteiger partial charge in [-0.05, 0) is 25.5 Å². The fourth-order valence-corrected chi connectivity index (χ4v) is 3.95. The Morgan fingerprint density at radius 1 is 1.33 bits per heavy atom. The average molecular weight is 323 g/mol. The van der Waals surface area contributed by atoms with E-state index in [9.17, 15) is 5.11 Å². The van der Waals surface area contributed by atoms with Gasteiger partial charge >= 0.3 is 0 Å². The molecule has 1 N–H and O–H groups in total. The van der Waals surface area contributed by atoms with Crippen LogP contribution in [0.1, 0.15) is 25.0 Å². The molecule has 2 heterocycles. The topological polar surface area (TPSA) is 36.4 Å². The van der Waals surface area contributed by atoms with Crippen LogP contribution in [0.2, 0.25) is 5.02 Å². The number of nitrogens with zero attached hydrogens (tertiary/aromatic N) is 2. The SMILES string of the molecule is OCC1CCCCN1Cc1csc(-c2ccccc2Cl)n1. The smallest absolute Gasteiger partial charge is 0.125 e. The highest BCUT2D eigenvalue weighted by Gasteiger charge is 2.22. The summed E-state index contributed by atoms with van der Waals surface area (Å²) in [6.07, 6.45) is 3.50. The maximum absolute atomic E-state index is 9.48. The van der Waals surface area contributed by atoms with Gasteiger partial charge in [-0.15, -0.1) is 11.3 Å². The van der Waals surface area contributed by atoms with Crippen LogP contribution >= 0.6 is 22.9 Å². The molecule has 0 amide bonds. The number of likely N-dealkylation sites (tertiary alicyclic amines) is 1. The van der Waals surface area contributed by atoms with E-state index in [4.69, 9.17) is 16.6 Å². The number of aliphatic hydroxyl groups excluding tert-OH is 1. The molecule has 21 heavy (non-hydrogen) atoms. The van der Waals surface area contributed by atoms with Crippen LogP contribution in [-0.4, -0.2) is 34.2 Å². The molecule has 0 saturated carbocycles. The molecule has 1 aromatic carbocycles. The van der Waals surface area contributed by atoms with E-state index in [-0.39, 0.29) is 12.6 Å². The van der Waals surface area contributed by atoms with Crippen molar-refractivity contribution in [1.29, 1.82) is 0 Å². The highest BCUT2D eigenvalue weighted by molar-refractivity contribution is 7.13. The molecule has 0 aliphatic carbocycles. The van der Waals surface area contributed by atoms with E-state index in [0.29, 0.717) is 0 Å². The Hall–Kier alpha value is -0.940. The second-order valence-corrected chi connectivity index (χ2v) is 6.69. The van der Waals surface area contributed by atoms with Crippen LogP contribution in [0.4, 0.5) is 0 Å². The number of hydrogen-bond donors (Lipinski definition) is 1. The minimum absolute atomic E-state index is 0.238. The highest BCUT2D eigenvalue weighted by atomic mass is 35.5. The van der Waals surface area contributed by atoms with Crippen molar-refractivity contribution in [3.8, 4) is 10.6 Å². The molecule has 0 spiro atoms. The van der Waals surface area contributed by atoms with Crippen molar-refractivity contribution in [3.63, 3.8) is 0 Å². The maximum Gasteiger partial charge on any atom is 0.125 e. The average Bonchev–Trinajstić information content (AvgIpc) is 2.96. The number of aromatic nitrogens is 1. The van der Waals surface area contributed by atoms with Crippen molar-refractivity contribution in [2.24, 2.45) is 0 Å². The van der Waals surface area contributed by atoms with E-state index in [1.807, 2.05) is 24.3 Å². The van der Waals surface area contributed by atoms with Crippen LogP contribution in [0, 0.1) is 0 Å². The molecule has 0 bridgehead atoms. The number of aliphatic hydroxyl groups is 1. The van der Waals surface area contributed by atoms with Gasteiger partial charge in [0.1, 0.15) is 5.01 Å². The fraction of sp³-hybridized carbons (Fsp3) is 0.438. The summed E-state index contributed by atoms with van der Waals surface area (Å²) in [5.74, 6) is 0. The number of piperidine rings is 1. The monoisotopic (exact) mass is 322 g/mol. The standard InChI is InChI=1S/C16H19ClN2OS/c17-15-7-2-1-6-14(15)16-18-12(11-21-16)9-19-8-4-3-5-13(19)10-20/h1-2,6-7,11,13,20H,3-5,8-10H2. The minimum Gasteiger partial charge on any atom is -0.395 e. The third-order valence-corrected chi connectivity index (χ3v) is 5.23. The van der Waals surface area contributed by atoms with Gasteiger partial charge in [-0.3, -0.25) is 4.90 Å². The molecule has 1 unspecified atom stereocenters. The van der Waals surface area contributed by atoms with Gasteiger partial charge in [0.15, 0.2) is 0 Å². The summed E-state index contributed by atoms with van der Waals surface area (Å²) in [5.41, 5.74) is 2.06. The van der Waals surface area contributed by atoms with E-state index in [2.05, 4.69) is 10.3 Å². The quantitative estimate of drug-likeness (QED) is 0.930. The number of hydrogen-bond acceptors (Lipinski definition) is 4. The van der Waals surface area contributed by atoms with Crippen LogP contribution in [0.25, 0.3) is 10.6 Å². The predicted octanol–water partition coefficient (Wildman–Crippen LogP) is 3.81. The van der Waals surface area contributed by atoms with Crippen molar-refractivity contribution in [3.05, 3.63) is 40.4 Å². The van der Waals surface area contributed by atoms with Crippen LogP contribution in [-0.2, 0) is 6.54 Å². The molecule has 5 heteroatoms. The lowest BCUT2D eigenvalue weighted by atomic mass is 10.0. The first kappa shape index (κ1) is 15.0. The Balaban J connectivity index is 1.75. The number of rotatable bonds is 4. The van der Waals surface area contributed by atoms with Gasteiger partial charge < -0.3 is 5.11 Å². The van der Waals surface area contributed by atoms with E-state index >= 15 is 0 Å². The molecule has 1 saturated heterocycles. The van der Waals surface area contributed by atoms with Gasteiger partial charge in [0.05, 0.1) is 17.3 Å². The molecule has 2 aromatic rings. The molecule has 1 aliphatic rings. The Kier molecular flexibility index (Phi) is 4.91. The zero-order valence-corrected chi connectivity index (χ0v) is 13.4. The summed E-state index contributed by atoms with van der Waals surface area (Å²) in [7, 11) is 0. The number of thiazole rings is 1. The third-order valence-electron chi connectivity index (χ3n) is 3.98. The summed E-state index contributed by atoms with van der Waals surface area (Å²) >= 11 is 7.86. The molecule has 1 atom stereocenters.